The first-order valence-electron chi connectivity index (χ1n) is 7.82. The molecule has 1 fully saturated rings. The van der Waals surface area contributed by atoms with Gasteiger partial charge in [-0.25, -0.2) is 9.97 Å². The molecule has 0 spiro atoms. The van der Waals surface area contributed by atoms with Crippen LogP contribution in [0.3, 0.4) is 0 Å². The number of nitrogens with one attached hydrogen (secondary N) is 1. The van der Waals surface area contributed by atoms with Crippen molar-refractivity contribution in [2.45, 2.75) is 10.1 Å². The van der Waals surface area contributed by atoms with Crippen molar-refractivity contribution >= 4 is 23.5 Å². The third-order valence-electron chi connectivity index (χ3n) is 3.85. The average Bonchev–Trinajstić information content (AvgIpc) is 3.10. The number of amides is 1. The summed E-state index contributed by atoms with van der Waals surface area (Å²) < 4.78 is 10.6. The number of carbonyl (C=O) groups is 1. The number of aromatic nitrogens is 3. The Morgan fingerprint density at radius 2 is 2.12 bits per heavy atom. The van der Waals surface area contributed by atoms with Gasteiger partial charge in [0.25, 0.3) is 11.8 Å². The zero-order chi connectivity index (χ0) is 17.8. The van der Waals surface area contributed by atoms with Crippen LogP contribution in [-0.4, -0.2) is 73.3 Å². The van der Waals surface area contributed by atoms with Gasteiger partial charge in [0.1, 0.15) is 5.03 Å². The van der Waals surface area contributed by atoms with Crippen LogP contribution in [0.25, 0.3) is 0 Å². The van der Waals surface area contributed by atoms with Crippen LogP contribution in [0.15, 0.2) is 26.9 Å². The average molecular weight is 364 g/mol. The number of carbonyl (C=O) groups excluding carboxylic acids is 1. The second-order valence-electron chi connectivity index (χ2n) is 5.54. The Morgan fingerprint density at radius 1 is 1.36 bits per heavy atom. The predicted octanol–water partition coefficient (Wildman–Crippen LogP) is 0.736. The lowest BCUT2D eigenvalue weighted by Gasteiger charge is -2.33. The third-order valence-corrected chi connectivity index (χ3v) is 4.65. The molecule has 1 amide bonds. The van der Waals surface area contributed by atoms with E-state index in [0.717, 1.165) is 32.0 Å². The van der Waals surface area contributed by atoms with E-state index in [2.05, 4.69) is 37.3 Å². The monoisotopic (exact) mass is 364 g/mol. The molecular weight excluding hydrogens is 344 g/mol. The van der Waals surface area contributed by atoms with Gasteiger partial charge in [-0.2, -0.15) is 0 Å². The highest BCUT2D eigenvalue weighted by Gasteiger charge is 2.21. The Hall–Kier alpha value is -2.33. The molecule has 134 valence electrons. The third kappa shape index (κ3) is 4.02. The molecule has 10 heteroatoms. The minimum atomic E-state index is -0.301. The fourth-order valence-corrected chi connectivity index (χ4v) is 3.10. The van der Waals surface area contributed by atoms with Gasteiger partial charge in [0.2, 0.25) is 0 Å². The normalized spacial score (nSPS) is 15.2. The van der Waals surface area contributed by atoms with Crippen molar-refractivity contribution in [3.8, 4) is 5.88 Å². The Morgan fingerprint density at radius 3 is 2.80 bits per heavy atom. The Kier molecular flexibility index (Phi) is 5.39. The summed E-state index contributed by atoms with van der Waals surface area (Å²) >= 11 is 1.23. The van der Waals surface area contributed by atoms with Gasteiger partial charge >= 0.3 is 0 Å². The van der Waals surface area contributed by atoms with E-state index in [1.54, 1.807) is 19.4 Å². The van der Waals surface area contributed by atoms with Crippen LogP contribution in [0, 0.1) is 0 Å². The maximum atomic E-state index is 11.5. The van der Waals surface area contributed by atoms with E-state index >= 15 is 0 Å². The summed E-state index contributed by atoms with van der Waals surface area (Å²) in [7, 11) is 5.22. The molecule has 1 N–H and O–H groups in total. The topological polar surface area (TPSA) is 96.6 Å². The minimum absolute atomic E-state index is 0.221. The maximum absolute atomic E-state index is 11.5. The van der Waals surface area contributed by atoms with Crippen LogP contribution < -0.4 is 15.0 Å². The van der Waals surface area contributed by atoms with Crippen LogP contribution in [-0.2, 0) is 0 Å². The summed E-state index contributed by atoms with van der Waals surface area (Å²) in [5, 5.41) is 7.29. The number of ether oxygens (including phenoxy) is 1. The Balaban J connectivity index is 1.75. The molecule has 0 aromatic carbocycles. The van der Waals surface area contributed by atoms with E-state index in [9.17, 15) is 4.79 Å². The second kappa shape index (κ2) is 7.70. The molecule has 1 aliphatic heterocycles. The number of likely N-dealkylation sites (N-methyl/N-ethyl adjacent to an activating group) is 1. The minimum Gasteiger partial charge on any atom is -0.478 e. The van der Waals surface area contributed by atoms with Crippen LogP contribution >= 0.6 is 11.8 Å². The maximum Gasteiger partial charge on any atom is 0.273 e. The first kappa shape index (κ1) is 17.5. The molecule has 0 unspecified atom stereocenters. The summed E-state index contributed by atoms with van der Waals surface area (Å²) in [6.45, 7) is 3.71. The van der Waals surface area contributed by atoms with Crippen LogP contribution in [0.5, 0.6) is 5.88 Å². The molecule has 3 rings (SSSR count). The van der Waals surface area contributed by atoms with E-state index in [0.29, 0.717) is 16.0 Å². The van der Waals surface area contributed by atoms with Gasteiger partial charge in [0, 0.05) is 39.3 Å². The molecule has 0 bridgehead atoms. The highest BCUT2D eigenvalue weighted by molar-refractivity contribution is 7.99. The lowest BCUT2D eigenvalue weighted by Crippen LogP contribution is -2.45. The summed E-state index contributed by atoms with van der Waals surface area (Å²) in [4.78, 5) is 25.0. The molecule has 9 nitrogen and oxygen atoms in total. The Labute approximate surface area is 149 Å². The predicted molar refractivity (Wildman–Crippen MR) is 92.3 cm³/mol. The molecule has 1 saturated heterocycles. The molecule has 0 aliphatic carbocycles. The quantitative estimate of drug-likeness (QED) is 0.823. The second-order valence-corrected chi connectivity index (χ2v) is 6.57. The number of rotatable bonds is 5. The highest BCUT2D eigenvalue weighted by Crippen LogP contribution is 2.31. The van der Waals surface area contributed by atoms with Crippen LogP contribution in [0.2, 0.25) is 0 Å². The summed E-state index contributed by atoms with van der Waals surface area (Å²) in [5.41, 5.74) is 0.221. The first-order chi connectivity index (χ1) is 12.1. The first-order valence-corrected chi connectivity index (χ1v) is 8.63. The largest absolute Gasteiger partial charge is 0.478 e. The van der Waals surface area contributed by atoms with Crippen molar-refractivity contribution in [2.24, 2.45) is 0 Å². The SMILES string of the molecule is CNC(=O)c1cc(Sc2cnc(N3CCN(C)CC3)c(OC)n2)on1. The van der Waals surface area contributed by atoms with E-state index in [1.807, 2.05) is 0 Å². The van der Waals surface area contributed by atoms with Crippen molar-refractivity contribution in [2.75, 3.05) is 52.3 Å². The van der Waals surface area contributed by atoms with Gasteiger partial charge < -0.3 is 24.4 Å². The van der Waals surface area contributed by atoms with Crippen molar-refractivity contribution in [1.29, 1.82) is 0 Å². The van der Waals surface area contributed by atoms with E-state index < -0.39 is 0 Å². The summed E-state index contributed by atoms with van der Waals surface area (Å²) in [5.74, 6) is 0.911. The molecule has 25 heavy (non-hydrogen) atoms. The molecule has 0 atom stereocenters. The molecule has 3 heterocycles. The number of hydrogen-bond donors (Lipinski definition) is 1. The van der Waals surface area contributed by atoms with Gasteiger partial charge in [0.15, 0.2) is 16.6 Å². The fourth-order valence-electron chi connectivity index (χ4n) is 2.42. The zero-order valence-corrected chi connectivity index (χ0v) is 15.2. The number of methoxy groups -OCH3 is 1. The lowest BCUT2D eigenvalue weighted by molar-refractivity contribution is 0.0953. The molecule has 2 aromatic heterocycles. The lowest BCUT2D eigenvalue weighted by atomic mass is 10.3. The zero-order valence-electron chi connectivity index (χ0n) is 14.4. The van der Waals surface area contributed by atoms with Gasteiger partial charge in [-0.05, 0) is 18.8 Å². The van der Waals surface area contributed by atoms with Crippen LogP contribution in [0.4, 0.5) is 5.82 Å². The van der Waals surface area contributed by atoms with E-state index in [4.69, 9.17) is 9.26 Å². The molecular formula is C15H20N6O3S. The number of hydrogen-bond acceptors (Lipinski definition) is 9. The number of nitrogens with zero attached hydrogens (tertiary/aromatic N) is 5. The fraction of sp³-hybridized carbons (Fsp3) is 0.467. The van der Waals surface area contributed by atoms with Crippen molar-refractivity contribution in [1.82, 2.24) is 25.3 Å². The molecule has 1 aliphatic rings. The summed E-state index contributed by atoms with van der Waals surface area (Å²) in [6, 6.07) is 1.56. The molecule has 0 saturated carbocycles. The number of piperazine rings is 1. The smallest absolute Gasteiger partial charge is 0.273 e. The van der Waals surface area contributed by atoms with Crippen molar-refractivity contribution in [3.05, 3.63) is 18.0 Å². The molecule has 2 aromatic rings. The van der Waals surface area contributed by atoms with Gasteiger partial charge in [-0.15, -0.1) is 0 Å². The molecule has 0 radical (unpaired) electrons. The van der Waals surface area contributed by atoms with Crippen LogP contribution in [0.1, 0.15) is 10.5 Å². The van der Waals surface area contributed by atoms with Gasteiger partial charge in [-0.3, -0.25) is 4.79 Å². The van der Waals surface area contributed by atoms with Gasteiger partial charge in [0.05, 0.1) is 13.3 Å². The van der Waals surface area contributed by atoms with Crippen molar-refractivity contribution < 1.29 is 14.1 Å². The van der Waals surface area contributed by atoms with Crippen molar-refractivity contribution in [3.63, 3.8) is 0 Å². The standard InChI is InChI=1S/C15H20N6O3S/c1-16-14(22)10-8-12(24-19-10)25-11-9-17-13(15(18-11)23-3)21-6-4-20(2)5-7-21/h8-9H,4-7H2,1-3H3,(H,16,22). The van der Waals surface area contributed by atoms with E-state index in [-0.39, 0.29) is 11.6 Å². The van der Waals surface area contributed by atoms with Gasteiger partial charge in [-0.1, -0.05) is 5.16 Å². The number of anilines is 1. The Bertz CT molecular complexity index is 745. The van der Waals surface area contributed by atoms with E-state index in [1.165, 1.54) is 18.8 Å². The highest BCUT2D eigenvalue weighted by atomic mass is 32.2. The summed E-state index contributed by atoms with van der Waals surface area (Å²) in [6.07, 6.45) is 1.67.